The number of nitrogens with one attached hydrogen (secondary N) is 2. The van der Waals surface area contributed by atoms with E-state index in [0.717, 1.165) is 5.56 Å². The number of nitrogen functional groups attached to an aromatic ring is 1. The smallest absolute Gasteiger partial charge is 0.255 e. The van der Waals surface area contributed by atoms with Crippen molar-refractivity contribution >= 4 is 27.7 Å². The summed E-state index contributed by atoms with van der Waals surface area (Å²) in [5, 5.41) is 2.83. The molecule has 0 fully saturated rings. The Bertz CT molecular complexity index is 591. The number of rotatable bonds is 5. The van der Waals surface area contributed by atoms with E-state index < -0.39 is 0 Å². The lowest BCUT2D eigenvalue weighted by atomic mass is 10.2. The van der Waals surface area contributed by atoms with E-state index in [1.807, 2.05) is 12.1 Å². The molecule has 0 saturated carbocycles. The van der Waals surface area contributed by atoms with Gasteiger partial charge in [-0.3, -0.25) is 9.78 Å². The van der Waals surface area contributed by atoms with Crippen LogP contribution in [0.5, 0.6) is 0 Å². The Morgan fingerprint density at radius 2 is 2.25 bits per heavy atom. The predicted molar refractivity (Wildman–Crippen MR) is 80.0 cm³/mol. The average molecular weight is 336 g/mol. The monoisotopic (exact) mass is 335 g/mol. The third-order valence-corrected chi connectivity index (χ3v) is 3.09. The van der Waals surface area contributed by atoms with E-state index in [0.29, 0.717) is 28.8 Å². The van der Waals surface area contributed by atoms with Crippen LogP contribution in [0.25, 0.3) is 0 Å². The Balaban J connectivity index is 1.97. The minimum atomic E-state index is -0.226. The molecule has 0 spiro atoms. The Labute approximate surface area is 124 Å². The molecule has 104 valence electrons. The van der Waals surface area contributed by atoms with Gasteiger partial charge in [-0.05, 0) is 40.0 Å². The Kier molecular flexibility index (Phi) is 5.03. The first-order valence-corrected chi connectivity index (χ1v) is 6.79. The van der Waals surface area contributed by atoms with E-state index in [9.17, 15) is 4.79 Å². The minimum Gasteiger partial charge on any atom is -0.352 e. The zero-order valence-corrected chi connectivity index (χ0v) is 12.2. The van der Waals surface area contributed by atoms with Crippen molar-refractivity contribution in [3.05, 3.63) is 52.4 Å². The van der Waals surface area contributed by atoms with Crippen LogP contribution in [0.15, 0.2) is 41.3 Å². The van der Waals surface area contributed by atoms with Gasteiger partial charge in [-0.1, -0.05) is 6.07 Å². The fraction of sp³-hybridized carbons (Fsp3) is 0.154. The van der Waals surface area contributed by atoms with Crippen molar-refractivity contribution in [2.45, 2.75) is 6.42 Å². The zero-order chi connectivity index (χ0) is 14.4. The van der Waals surface area contributed by atoms with Crippen molar-refractivity contribution in [3.63, 3.8) is 0 Å². The van der Waals surface area contributed by atoms with E-state index in [1.54, 1.807) is 24.7 Å². The van der Waals surface area contributed by atoms with Crippen LogP contribution in [0, 0.1) is 0 Å². The van der Waals surface area contributed by atoms with Gasteiger partial charge in [-0.15, -0.1) is 0 Å². The standard InChI is InChI=1S/C13H14BrN5O/c14-10-6-11(12(19-15)18-8-10)13(20)17-5-3-9-2-1-4-16-7-9/h1-2,4,6-8H,3,5,15H2,(H,17,20)(H,18,19). The van der Waals surface area contributed by atoms with Crippen molar-refractivity contribution in [2.75, 3.05) is 12.0 Å². The van der Waals surface area contributed by atoms with Gasteiger partial charge >= 0.3 is 0 Å². The Morgan fingerprint density at radius 3 is 2.95 bits per heavy atom. The third kappa shape index (κ3) is 3.75. The van der Waals surface area contributed by atoms with Crippen molar-refractivity contribution < 1.29 is 4.79 Å². The molecule has 2 rings (SSSR count). The molecule has 0 aromatic carbocycles. The van der Waals surface area contributed by atoms with Crippen LogP contribution in [0.1, 0.15) is 15.9 Å². The van der Waals surface area contributed by atoms with Crippen molar-refractivity contribution in [1.82, 2.24) is 15.3 Å². The quantitative estimate of drug-likeness (QED) is 0.568. The summed E-state index contributed by atoms with van der Waals surface area (Å²) in [4.78, 5) is 20.1. The average Bonchev–Trinajstić information content (AvgIpc) is 2.48. The van der Waals surface area contributed by atoms with Crippen molar-refractivity contribution in [1.29, 1.82) is 0 Å². The van der Waals surface area contributed by atoms with Gasteiger partial charge in [0.05, 0.1) is 5.56 Å². The summed E-state index contributed by atoms with van der Waals surface area (Å²) in [5.74, 6) is 5.46. The second-order valence-electron chi connectivity index (χ2n) is 4.06. The summed E-state index contributed by atoms with van der Waals surface area (Å²) in [7, 11) is 0. The molecule has 7 heteroatoms. The molecule has 0 bridgehead atoms. The molecule has 2 aromatic heterocycles. The lowest BCUT2D eigenvalue weighted by Crippen LogP contribution is -2.27. The number of pyridine rings is 2. The molecular formula is C13H14BrN5O. The van der Waals surface area contributed by atoms with E-state index in [2.05, 4.69) is 36.6 Å². The molecule has 0 aliphatic carbocycles. The number of hydrogen-bond donors (Lipinski definition) is 3. The van der Waals surface area contributed by atoms with Crippen LogP contribution >= 0.6 is 15.9 Å². The fourth-order valence-corrected chi connectivity index (χ4v) is 2.02. The summed E-state index contributed by atoms with van der Waals surface area (Å²) < 4.78 is 0.717. The van der Waals surface area contributed by atoms with Gasteiger partial charge in [0.15, 0.2) is 5.82 Å². The molecule has 6 nitrogen and oxygen atoms in total. The minimum absolute atomic E-state index is 0.226. The molecule has 0 unspecified atom stereocenters. The molecular weight excluding hydrogens is 322 g/mol. The molecule has 4 N–H and O–H groups in total. The van der Waals surface area contributed by atoms with E-state index in [1.165, 1.54) is 0 Å². The van der Waals surface area contributed by atoms with Crippen LogP contribution in [0.2, 0.25) is 0 Å². The van der Waals surface area contributed by atoms with Crippen molar-refractivity contribution in [2.24, 2.45) is 5.84 Å². The lowest BCUT2D eigenvalue weighted by molar-refractivity contribution is 0.0954. The number of nitrogens with two attached hydrogens (primary N) is 1. The van der Waals surface area contributed by atoms with Gasteiger partial charge in [0, 0.05) is 29.6 Å². The molecule has 0 radical (unpaired) electrons. The Hall–Kier alpha value is -1.99. The Morgan fingerprint density at radius 1 is 1.40 bits per heavy atom. The summed E-state index contributed by atoms with van der Waals surface area (Å²) in [6.45, 7) is 0.515. The maximum Gasteiger partial charge on any atom is 0.255 e. The molecule has 2 heterocycles. The van der Waals surface area contributed by atoms with Gasteiger partial charge in [0.1, 0.15) is 0 Å². The second-order valence-corrected chi connectivity index (χ2v) is 4.98. The fourth-order valence-electron chi connectivity index (χ4n) is 1.69. The zero-order valence-electron chi connectivity index (χ0n) is 10.6. The predicted octanol–water partition coefficient (Wildman–Crippen LogP) is 1.50. The SMILES string of the molecule is NNc1ncc(Br)cc1C(=O)NCCc1cccnc1. The summed E-state index contributed by atoms with van der Waals surface area (Å²) in [5.41, 5.74) is 3.87. The van der Waals surface area contributed by atoms with Gasteiger partial charge in [-0.25, -0.2) is 10.8 Å². The molecule has 0 aliphatic rings. The number of carbonyl (C=O) groups excluding carboxylic acids is 1. The number of anilines is 1. The van der Waals surface area contributed by atoms with E-state index in [4.69, 9.17) is 5.84 Å². The first-order valence-electron chi connectivity index (χ1n) is 6.00. The highest BCUT2D eigenvalue weighted by molar-refractivity contribution is 9.10. The summed E-state index contributed by atoms with van der Waals surface area (Å²) in [6.07, 6.45) is 5.78. The lowest BCUT2D eigenvalue weighted by Gasteiger charge is -2.09. The van der Waals surface area contributed by atoms with Crippen molar-refractivity contribution in [3.8, 4) is 0 Å². The second kappa shape index (κ2) is 6.97. The number of hydrazine groups is 1. The van der Waals surface area contributed by atoms with Gasteiger partial charge < -0.3 is 10.7 Å². The molecule has 20 heavy (non-hydrogen) atoms. The highest BCUT2D eigenvalue weighted by Gasteiger charge is 2.12. The van der Waals surface area contributed by atoms with Gasteiger partial charge in [0.25, 0.3) is 5.91 Å². The summed E-state index contributed by atoms with van der Waals surface area (Å²) in [6, 6.07) is 5.50. The molecule has 2 aromatic rings. The highest BCUT2D eigenvalue weighted by atomic mass is 79.9. The maximum absolute atomic E-state index is 12.1. The van der Waals surface area contributed by atoms with Crippen LogP contribution in [0.3, 0.4) is 0 Å². The molecule has 1 amide bonds. The number of amides is 1. The number of aromatic nitrogens is 2. The molecule has 0 atom stereocenters. The largest absolute Gasteiger partial charge is 0.352 e. The number of halogens is 1. The molecule has 0 aliphatic heterocycles. The number of nitrogens with zero attached hydrogens (tertiary/aromatic N) is 2. The van der Waals surface area contributed by atoms with Gasteiger partial charge in [0.2, 0.25) is 0 Å². The van der Waals surface area contributed by atoms with Gasteiger partial charge in [-0.2, -0.15) is 0 Å². The van der Waals surface area contributed by atoms with E-state index in [-0.39, 0.29) is 5.91 Å². The van der Waals surface area contributed by atoms with Crippen LogP contribution < -0.4 is 16.6 Å². The van der Waals surface area contributed by atoms with Crippen LogP contribution in [-0.4, -0.2) is 22.4 Å². The first kappa shape index (κ1) is 14.4. The summed E-state index contributed by atoms with van der Waals surface area (Å²) >= 11 is 3.28. The maximum atomic E-state index is 12.1. The third-order valence-electron chi connectivity index (χ3n) is 2.66. The normalized spacial score (nSPS) is 10.1. The van der Waals surface area contributed by atoms with Crippen LogP contribution in [-0.2, 0) is 6.42 Å². The molecule has 0 saturated heterocycles. The number of carbonyl (C=O) groups is 1. The van der Waals surface area contributed by atoms with Crippen LogP contribution in [0.4, 0.5) is 5.82 Å². The number of hydrogen-bond acceptors (Lipinski definition) is 5. The highest BCUT2D eigenvalue weighted by Crippen LogP contribution is 2.17. The van der Waals surface area contributed by atoms with E-state index >= 15 is 0 Å². The first-order chi connectivity index (χ1) is 9.70. The topological polar surface area (TPSA) is 92.9 Å².